The molecule has 0 atom stereocenters. The fourth-order valence-corrected chi connectivity index (χ4v) is 1.69. The first kappa shape index (κ1) is 13.6. The number of benzene rings is 2. The summed E-state index contributed by atoms with van der Waals surface area (Å²) in [4.78, 5) is 0. The lowest BCUT2D eigenvalue weighted by Crippen LogP contribution is -2.00. The molecule has 0 radical (unpaired) electrons. The molecule has 0 aromatic heterocycles. The van der Waals surface area contributed by atoms with Crippen LogP contribution in [-0.4, -0.2) is 12.5 Å². The summed E-state index contributed by atoms with van der Waals surface area (Å²) in [5.41, 5.74) is 7.51. The number of rotatable bonds is 6. The molecular weight excluding hydrogens is 262 g/mol. The first-order chi connectivity index (χ1) is 9.29. The van der Waals surface area contributed by atoms with Gasteiger partial charge in [0.15, 0.2) is 0 Å². The zero-order chi connectivity index (χ0) is 13.5. The van der Waals surface area contributed by atoms with Crippen LogP contribution in [0.5, 0.6) is 11.5 Å². The van der Waals surface area contributed by atoms with Crippen LogP contribution in [0.25, 0.3) is 0 Å². The van der Waals surface area contributed by atoms with Crippen molar-refractivity contribution in [1.29, 1.82) is 0 Å². The third kappa shape index (κ3) is 4.07. The molecule has 0 fully saturated rings. The third-order valence-electron chi connectivity index (χ3n) is 2.58. The van der Waals surface area contributed by atoms with Crippen LogP contribution < -0.4 is 15.2 Å². The van der Waals surface area contributed by atoms with Gasteiger partial charge in [0.05, 0.1) is 11.6 Å². The molecule has 0 saturated heterocycles. The van der Waals surface area contributed by atoms with Crippen LogP contribution in [0.2, 0.25) is 0 Å². The zero-order valence-electron chi connectivity index (χ0n) is 10.5. The van der Waals surface area contributed by atoms with Crippen LogP contribution in [0.4, 0.5) is 5.69 Å². The summed E-state index contributed by atoms with van der Waals surface area (Å²) in [7, 11) is 0. The monoisotopic (exact) mass is 277 g/mol. The van der Waals surface area contributed by atoms with Crippen molar-refractivity contribution < 1.29 is 9.47 Å². The van der Waals surface area contributed by atoms with Gasteiger partial charge in [-0.3, -0.25) is 0 Å². The number of halogens is 1. The van der Waals surface area contributed by atoms with E-state index in [1.807, 2.05) is 48.5 Å². The van der Waals surface area contributed by atoms with Gasteiger partial charge in [0.1, 0.15) is 24.7 Å². The van der Waals surface area contributed by atoms with Crippen LogP contribution in [0.15, 0.2) is 48.5 Å². The van der Waals surface area contributed by atoms with E-state index in [1.54, 1.807) is 0 Å². The van der Waals surface area contributed by atoms with Crippen molar-refractivity contribution in [3.05, 3.63) is 54.1 Å². The summed E-state index contributed by atoms with van der Waals surface area (Å²) in [6.07, 6.45) is 0. The van der Waals surface area contributed by atoms with Gasteiger partial charge < -0.3 is 15.2 Å². The second-order valence-corrected chi connectivity index (χ2v) is 4.39. The van der Waals surface area contributed by atoms with E-state index >= 15 is 0 Å². The average Bonchev–Trinajstić information content (AvgIpc) is 2.45. The van der Waals surface area contributed by atoms with Gasteiger partial charge in [0, 0.05) is 0 Å². The minimum Gasteiger partial charge on any atom is -0.492 e. The second kappa shape index (κ2) is 6.90. The van der Waals surface area contributed by atoms with Gasteiger partial charge in [-0.05, 0) is 29.8 Å². The Bertz CT molecular complexity index is 514. The van der Waals surface area contributed by atoms with Gasteiger partial charge in [0.25, 0.3) is 0 Å². The maximum Gasteiger partial charge on any atom is 0.142 e. The van der Waals surface area contributed by atoms with Gasteiger partial charge in [-0.1, -0.05) is 24.3 Å². The van der Waals surface area contributed by atoms with Crippen LogP contribution in [0, 0.1) is 0 Å². The molecule has 0 spiro atoms. The van der Waals surface area contributed by atoms with Gasteiger partial charge in [0.2, 0.25) is 0 Å². The molecule has 100 valence electrons. The summed E-state index contributed by atoms with van der Waals surface area (Å²) < 4.78 is 11.1. The number of hydrogen-bond acceptors (Lipinski definition) is 3. The lowest BCUT2D eigenvalue weighted by Gasteiger charge is -2.09. The Morgan fingerprint density at radius 3 is 2.37 bits per heavy atom. The molecule has 0 unspecified atom stereocenters. The zero-order valence-corrected chi connectivity index (χ0v) is 11.3. The second-order valence-electron chi connectivity index (χ2n) is 4.01. The number of hydrogen-bond donors (Lipinski definition) is 1. The Morgan fingerprint density at radius 1 is 0.947 bits per heavy atom. The summed E-state index contributed by atoms with van der Waals surface area (Å²) >= 11 is 5.56. The summed E-state index contributed by atoms with van der Waals surface area (Å²) in [5.74, 6) is 1.99. The highest BCUT2D eigenvalue weighted by Gasteiger charge is 2.00. The molecule has 2 aromatic rings. The van der Waals surface area contributed by atoms with Gasteiger partial charge in [-0.2, -0.15) is 0 Å². The van der Waals surface area contributed by atoms with Crippen molar-refractivity contribution in [3.63, 3.8) is 0 Å². The molecule has 0 bridgehead atoms. The molecule has 0 heterocycles. The van der Waals surface area contributed by atoms with Crippen molar-refractivity contribution in [2.24, 2.45) is 0 Å². The number of alkyl halides is 1. The minimum absolute atomic E-state index is 0.476. The standard InChI is InChI=1S/C15H16ClNO2/c16-9-10-18-13-7-5-12(6-8-13)11-19-15-4-2-1-3-14(15)17/h1-8H,9-11,17H2. The topological polar surface area (TPSA) is 44.5 Å². The molecule has 2 N–H and O–H groups in total. The van der Waals surface area contributed by atoms with Crippen LogP contribution in [-0.2, 0) is 6.61 Å². The molecule has 0 amide bonds. The SMILES string of the molecule is Nc1ccccc1OCc1ccc(OCCCl)cc1. The molecule has 2 rings (SSSR count). The lowest BCUT2D eigenvalue weighted by molar-refractivity contribution is 0.307. The molecule has 0 aliphatic heterocycles. The van der Waals surface area contributed by atoms with Gasteiger partial charge in [-0.15, -0.1) is 11.6 Å². The molecule has 0 aliphatic carbocycles. The minimum atomic E-state index is 0.476. The van der Waals surface area contributed by atoms with E-state index < -0.39 is 0 Å². The van der Waals surface area contributed by atoms with Crippen LogP contribution >= 0.6 is 11.6 Å². The number of anilines is 1. The van der Waals surface area contributed by atoms with E-state index in [2.05, 4.69) is 0 Å². The van der Waals surface area contributed by atoms with Crippen molar-refractivity contribution in [2.75, 3.05) is 18.2 Å². The van der Waals surface area contributed by atoms with Crippen LogP contribution in [0.1, 0.15) is 5.56 Å². The molecule has 4 heteroatoms. The fraction of sp³-hybridized carbons (Fsp3) is 0.200. The maximum atomic E-state index is 5.81. The Hall–Kier alpha value is -1.87. The highest BCUT2D eigenvalue weighted by Crippen LogP contribution is 2.21. The molecular formula is C15H16ClNO2. The number of nitrogen functional groups attached to an aromatic ring is 1. The van der Waals surface area contributed by atoms with E-state index in [0.29, 0.717) is 30.5 Å². The van der Waals surface area contributed by atoms with Crippen molar-refractivity contribution >= 4 is 17.3 Å². The van der Waals surface area contributed by atoms with Crippen molar-refractivity contribution in [3.8, 4) is 11.5 Å². The smallest absolute Gasteiger partial charge is 0.142 e. The third-order valence-corrected chi connectivity index (χ3v) is 2.74. The van der Waals surface area contributed by atoms with E-state index in [0.717, 1.165) is 11.3 Å². The number of ether oxygens (including phenoxy) is 2. The van der Waals surface area contributed by atoms with E-state index in [-0.39, 0.29) is 0 Å². The number of para-hydroxylation sites is 2. The fourth-order valence-electron chi connectivity index (χ4n) is 1.61. The molecule has 2 aromatic carbocycles. The van der Waals surface area contributed by atoms with Crippen LogP contribution in [0.3, 0.4) is 0 Å². The highest BCUT2D eigenvalue weighted by molar-refractivity contribution is 6.18. The maximum absolute atomic E-state index is 5.81. The molecule has 19 heavy (non-hydrogen) atoms. The Kier molecular flexibility index (Phi) is 4.93. The first-order valence-corrected chi connectivity index (χ1v) is 6.58. The van der Waals surface area contributed by atoms with E-state index in [1.165, 1.54) is 0 Å². The van der Waals surface area contributed by atoms with Crippen molar-refractivity contribution in [1.82, 2.24) is 0 Å². The highest BCUT2D eigenvalue weighted by atomic mass is 35.5. The number of nitrogens with two attached hydrogens (primary N) is 1. The summed E-state index contributed by atoms with van der Waals surface area (Å²) in [6, 6.07) is 15.2. The Balaban J connectivity index is 1.91. The van der Waals surface area contributed by atoms with Gasteiger partial charge >= 0.3 is 0 Å². The van der Waals surface area contributed by atoms with E-state index in [9.17, 15) is 0 Å². The predicted octanol–water partition coefficient (Wildman–Crippen LogP) is 3.47. The predicted molar refractivity (Wildman–Crippen MR) is 77.8 cm³/mol. The van der Waals surface area contributed by atoms with E-state index in [4.69, 9.17) is 26.8 Å². The summed E-state index contributed by atoms with van der Waals surface area (Å²) in [5, 5.41) is 0. The first-order valence-electron chi connectivity index (χ1n) is 6.04. The molecule has 0 saturated carbocycles. The largest absolute Gasteiger partial charge is 0.492 e. The Morgan fingerprint density at radius 2 is 1.68 bits per heavy atom. The van der Waals surface area contributed by atoms with Gasteiger partial charge in [-0.25, -0.2) is 0 Å². The molecule has 3 nitrogen and oxygen atoms in total. The quantitative estimate of drug-likeness (QED) is 0.649. The lowest BCUT2D eigenvalue weighted by atomic mass is 10.2. The average molecular weight is 278 g/mol. The normalized spacial score (nSPS) is 10.2. The van der Waals surface area contributed by atoms with Crippen molar-refractivity contribution in [2.45, 2.75) is 6.61 Å². The summed E-state index contributed by atoms with van der Waals surface area (Å²) in [6.45, 7) is 0.988. The molecule has 0 aliphatic rings. The Labute approximate surface area is 117 Å².